The summed E-state index contributed by atoms with van der Waals surface area (Å²) in [5.41, 5.74) is -0.600. The number of nitrogens with one attached hydrogen (secondary N) is 2. The molecular formula is C21H21F2N3O5. The Morgan fingerprint density at radius 3 is 2.45 bits per heavy atom. The fourth-order valence-electron chi connectivity index (χ4n) is 3.64. The zero-order valence-electron chi connectivity index (χ0n) is 17.4. The van der Waals surface area contributed by atoms with Crippen LogP contribution in [0.15, 0.2) is 18.2 Å². The van der Waals surface area contributed by atoms with Gasteiger partial charge in [0.15, 0.2) is 17.4 Å². The Hall–Kier alpha value is -3.56. The Balaban J connectivity index is 1.87. The summed E-state index contributed by atoms with van der Waals surface area (Å²) in [6.45, 7) is 5.70. The van der Waals surface area contributed by atoms with Crippen molar-refractivity contribution in [3.05, 3.63) is 57.9 Å². The number of amides is 3. The van der Waals surface area contributed by atoms with Gasteiger partial charge in [0, 0.05) is 11.3 Å². The number of carbonyl (C=O) groups excluding carboxylic acids is 4. The van der Waals surface area contributed by atoms with Crippen LogP contribution in [0.3, 0.4) is 0 Å². The minimum Gasteiger partial charge on any atom is -0.461 e. The number of imide groups is 1. The van der Waals surface area contributed by atoms with E-state index < -0.39 is 47.4 Å². The molecule has 2 N–H and O–H groups in total. The van der Waals surface area contributed by atoms with Crippen molar-refractivity contribution >= 4 is 23.7 Å². The number of H-pyrrole nitrogens is 1. The number of aromatic amines is 1. The number of ketones is 1. The third-order valence-electron chi connectivity index (χ3n) is 5.27. The zero-order chi connectivity index (χ0) is 23.1. The summed E-state index contributed by atoms with van der Waals surface area (Å²) in [6, 6.07) is 2.02. The molecule has 1 fully saturated rings. The minimum absolute atomic E-state index is 0.0401. The number of aryl methyl sites for hydroxylation is 1. The van der Waals surface area contributed by atoms with Crippen LogP contribution in [-0.4, -0.2) is 46.7 Å². The molecule has 0 spiro atoms. The van der Waals surface area contributed by atoms with Crippen molar-refractivity contribution in [2.24, 2.45) is 0 Å². The smallest absolute Gasteiger partial charge is 0.355 e. The van der Waals surface area contributed by atoms with E-state index in [0.29, 0.717) is 16.2 Å². The van der Waals surface area contributed by atoms with Crippen molar-refractivity contribution in [2.45, 2.75) is 33.2 Å². The Kier molecular flexibility index (Phi) is 5.66. The summed E-state index contributed by atoms with van der Waals surface area (Å²) >= 11 is 0. The standard InChI is InChI=1S/C21H21F2N3O5/c1-5-31-18(28)17-10(2)16(11(3)24-17)15(27)9-26-19(29)21(4,25-20(26)30)12-6-7-13(22)14(23)8-12/h6-8,24H,5,9H2,1-4H3,(H,25,30). The van der Waals surface area contributed by atoms with Gasteiger partial charge in [-0.25, -0.2) is 18.4 Å². The van der Waals surface area contributed by atoms with Crippen molar-refractivity contribution < 1.29 is 32.7 Å². The average molecular weight is 433 g/mol. The molecule has 164 valence electrons. The highest BCUT2D eigenvalue weighted by Gasteiger charge is 2.50. The summed E-state index contributed by atoms with van der Waals surface area (Å²) in [6.07, 6.45) is 0. The lowest BCUT2D eigenvalue weighted by Crippen LogP contribution is -2.41. The topological polar surface area (TPSA) is 109 Å². The second-order valence-corrected chi connectivity index (χ2v) is 7.34. The molecule has 3 rings (SSSR count). The van der Waals surface area contributed by atoms with Gasteiger partial charge in [-0.15, -0.1) is 0 Å². The molecule has 2 heterocycles. The molecule has 2 aromatic rings. The van der Waals surface area contributed by atoms with Crippen LogP contribution < -0.4 is 5.32 Å². The number of halogens is 2. The van der Waals surface area contributed by atoms with Gasteiger partial charge >= 0.3 is 12.0 Å². The first-order valence-electron chi connectivity index (χ1n) is 9.50. The van der Waals surface area contributed by atoms with Crippen molar-refractivity contribution in [3.63, 3.8) is 0 Å². The molecule has 0 bridgehead atoms. The number of benzene rings is 1. The lowest BCUT2D eigenvalue weighted by molar-refractivity contribution is -0.130. The highest BCUT2D eigenvalue weighted by Crippen LogP contribution is 2.30. The number of hydrogen-bond acceptors (Lipinski definition) is 5. The second kappa shape index (κ2) is 7.93. The van der Waals surface area contributed by atoms with Gasteiger partial charge < -0.3 is 15.0 Å². The van der Waals surface area contributed by atoms with Crippen molar-refractivity contribution in [1.82, 2.24) is 15.2 Å². The first-order chi connectivity index (χ1) is 14.5. The second-order valence-electron chi connectivity index (χ2n) is 7.34. The summed E-state index contributed by atoms with van der Waals surface area (Å²) < 4.78 is 31.9. The first-order valence-corrected chi connectivity index (χ1v) is 9.50. The molecule has 0 aliphatic carbocycles. The molecule has 8 nitrogen and oxygen atoms in total. The summed E-state index contributed by atoms with van der Waals surface area (Å²) in [4.78, 5) is 53.9. The molecule has 1 saturated heterocycles. The van der Waals surface area contributed by atoms with Crippen molar-refractivity contribution in [2.75, 3.05) is 13.2 Å². The lowest BCUT2D eigenvalue weighted by Gasteiger charge is -2.22. The molecule has 1 aliphatic heterocycles. The van der Waals surface area contributed by atoms with Gasteiger partial charge in [0.2, 0.25) is 0 Å². The molecule has 0 radical (unpaired) electrons. The monoisotopic (exact) mass is 433 g/mol. The summed E-state index contributed by atoms with van der Waals surface area (Å²) in [5, 5.41) is 2.43. The van der Waals surface area contributed by atoms with Crippen LogP contribution in [0.25, 0.3) is 0 Å². The predicted octanol–water partition coefficient (Wildman–Crippen LogP) is 2.74. The number of rotatable bonds is 6. The van der Waals surface area contributed by atoms with Crippen LogP contribution >= 0.6 is 0 Å². The van der Waals surface area contributed by atoms with Gasteiger partial charge in [-0.05, 0) is 51.0 Å². The van der Waals surface area contributed by atoms with E-state index in [9.17, 15) is 28.0 Å². The fraction of sp³-hybridized carbons (Fsp3) is 0.333. The molecule has 1 aliphatic rings. The number of carbonyl (C=O) groups is 4. The molecule has 1 aromatic heterocycles. The molecule has 0 saturated carbocycles. The summed E-state index contributed by atoms with van der Waals surface area (Å²) in [5.74, 6) is -4.23. The highest BCUT2D eigenvalue weighted by molar-refractivity contribution is 6.12. The van der Waals surface area contributed by atoms with E-state index in [-0.39, 0.29) is 23.4 Å². The Labute approximate surface area is 176 Å². The van der Waals surface area contributed by atoms with Gasteiger partial charge in [-0.3, -0.25) is 14.5 Å². The number of ether oxygens (including phenoxy) is 1. The van der Waals surface area contributed by atoms with E-state index in [1.54, 1.807) is 20.8 Å². The fourth-order valence-corrected chi connectivity index (χ4v) is 3.64. The van der Waals surface area contributed by atoms with Crippen LogP contribution in [0.2, 0.25) is 0 Å². The third kappa shape index (κ3) is 3.69. The molecule has 1 aromatic carbocycles. The van der Waals surface area contributed by atoms with Gasteiger partial charge in [-0.1, -0.05) is 6.07 Å². The van der Waals surface area contributed by atoms with Crippen molar-refractivity contribution in [3.8, 4) is 0 Å². The van der Waals surface area contributed by atoms with E-state index in [1.807, 2.05) is 0 Å². The Morgan fingerprint density at radius 1 is 1.16 bits per heavy atom. The Morgan fingerprint density at radius 2 is 1.84 bits per heavy atom. The number of nitrogens with zero attached hydrogens (tertiary/aromatic N) is 1. The maximum atomic E-state index is 13.7. The van der Waals surface area contributed by atoms with Gasteiger partial charge in [-0.2, -0.15) is 0 Å². The number of esters is 1. The number of aromatic nitrogens is 1. The van der Waals surface area contributed by atoms with Crippen LogP contribution in [0.4, 0.5) is 13.6 Å². The molecule has 10 heteroatoms. The van der Waals surface area contributed by atoms with Crippen LogP contribution in [0.1, 0.15) is 51.5 Å². The molecule has 31 heavy (non-hydrogen) atoms. The van der Waals surface area contributed by atoms with Gasteiger partial charge in [0.25, 0.3) is 5.91 Å². The highest BCUT2D eigenvalue weighted by atomic mass is 19.2. The zero-order valence-corrected chi connectivity index (χ0v) is 17.4. The van der Waals surface area contributed by atoms with Gasteiger partial charge in [0.1, 0.15) is 11.2 Å². The van der Waals surface area contributed by atoms with Crippen molar-refractivity contribution in [1.29, 1.82) is 0 Å². The Bertz CT molecular complexity index is 1110. The largest absolute Gasteiger partial charge is 0.461 e. The third-order valence-corrected chi connectivity index (χ3v) is 5.27. The van der Waals surface area contributed by atoms with E-state index >= 15 is 0 Å². The van der Waals surface area contributed by atoms with E-state index in [0.717, 1.165) is 12.1 Å². The van der Waals surface area contributed by atoms with Gasteiger partial charge in [0.05, 0.1) is 13.2 Å². The van der Waals surface area contributed by atoms with E-state index in [4.69, 9.17) is 4.74 Å². The maximum Gasteiger partial charge on any atom is 0.355 e. The lowest BCUT2D eigenvalue weighted by atomic mass is 9.92. The molecule has 1 unspecified atom stereocenters. The summed E-state index contributed by atoms with van der Waals surface area (Å²) in [7, 11) is 0. The van der Waals surface area contributed by atoms with E-state index in [2.05, 4.69) is 10.3 Å². The number of hydrogen-bond donors (Lipinski definition) is 2. The van der Waals surface area contributed by atoms with Crippen LogP contribution in [-0.2, 0) is 15.1 Å². The molecule has 3 amide bonds. The van der Waals surface area contributed by atoms with Crippen LogP contribution in [0.5, 0.6) is 0 Å². The number of urea groups is 1. The molecule has 1 atom stereocenters. The molecular weight excluding hydrogens is 412 g/mol. The SMILES string of the molecule is CCOC(=O)c1[nH]c(C)c(C(=O)CN2C(=O)NC(C)(c3ccc(F)c(F)c3)C2=O)c1C. The minimum atomic E-state index is -1.66. The maximum absolute atomic E-state index is 13.7. The normalized spacial score (nSPS) is 18.3. The average Bonchev–Trinajstić information content (AvgIpc) is 3.12. The quantitative estimate of drug-likeness (QED) is 0.414. The number of Topliss-reactive ketones (excluding diaryl/α,β-unsaturated/α-hetero) is 1. The predicted molar refractivity (Wildman–Crippen MR) is 105 cm³/mol. The van der Waals surface area contributed by atoms with Crippen LogP contribution in [0, 0.1) is 25.5 Å². The first kappa shape index (κ1) is 22.1. The van der Waals surface area contributed by atoms with E-state index in [1.165, 1.54) is 13.0 Å².